The summed E-state index contributed by atoms with van der Waals surface area (Å²) in [7, 11) is 0. The van der Waals surface area contributed by atoms with Crippen LogP contribution in [0.25, 0.3) is 0 Å². The predicted molar refractivity (Wildman–Crippen MR) is 69.3 cm³/mol. The molecule has 1 aromatic rings. The third-order valence-electron chi connectivity index (χ3n) is 3.67. The van der Waals surface area contributed by atoms with Gasteiger partial charge in [-0.1, -0.05) is 23.8 Å². The van der Waals surface area contributed by atoms with Gasteiger partial charge in [0.2, 0.25) is 11.8 Å². The molecule has 1 aliphatic heterocycles. The number of nitrogens with zero attached hydrogens (tertiary/aromatic N) is 1. The smallest absolute Gasteiger partial charge is 0.238 e. The molecular weight excluding hydrogens is 269 g/mol. The first-order valence-corrected chi connectivity index (χ1v) is 6.45. The summed E-state index contributed by atoms with van der Waals surface area (Å²) < 4.78 is 13.5. The van der Waals surface area contributed by atoms with Crippen LogP contribution in [0.15, 0.2) is 30.4 Å². The number of benzene rings is 1. The Morgan fingerprint density at radius 3 is 2.21 bits per heavy atom. The average molecular weight is 280 g/mol. The third-order valence-corrected chi connectivity index (χ3v) is 3.98. The molecule has 2 amide bonds. The third kappa shape index (κ3) is 1.87. The Labute approximate surface area is 114 Å². The Morgan fingerprint density at radius 1 is 1.11 bits per heavy atom. The van der Waals surface area contributed by atoms with Crippen molar-refractivity contribution in [2.75, 3.05) is 4.90 Å². The predicted octanol–water partition coefficient (Wildman–Crippen LogP) is 2.93. The molecule has 2 unspecified atom stereocenters. The van der Waals surface area contributed by atoms with Crippen molar-refractivity contribution in [3.05, 3.63) is 41.2 Å². The van der Waals surface area contributed by atoms with Crippen molar-refractivity contribution in [2.24, 2.45) is 11.8 Å². The van der Waals surface area contributed by atoms with Crippen LogP contribution in [0.4, 0.5) is 10.1 Å². The van der Waals surface area contributed by atoms with E-state index in [9.17, 15) is 14.0 Å². The molecule has 0 saturated carbocycles. The number of anilines is 1. The lowest BCUT2D eigenvalue weighted by Gasteiger charge is -2.14. The second kappa shape index (κ2) is 4.46. The van der Waals surface area contributed by atoms with Gasteiger partial charge in [0.25, 0.3) is 0 Å². The van der Waals surface area contributed by atoms with Crippen LogP contribution >= 0.6 is 11.6 Å². The number of hydrogen-bond donors (Lipinski definition) is 0. The summed E-state index contributed by atoms with van der Waals surface area (Å²) in [5, 5.41) is -0.0260. The second-order valence-corrected chi connectivity index (χ2v) is 5.17. The molecule has 1 aliphatic carbocycles. The van der Waals surface area contributed by atoms with Gasteiger partial charge >= 0.3 is 0 Å². The number of rotatable bonds is 1. The highest BCUT2D eigenvalue weighted by Crippen LogP contribution is 2.38. The van der Waals surface area contributed by atoms with E-state index in [0.717, 1.165) is 11.0 Å². The van der Waals surface area contributed by atoms with E-state index < -0.39 is 5.82 Å². The van der Waals surface area contributed by atoms with Crippen molar-refractivity contribution in [1.82, 2.24) is 0 Å². The summed E-state index contributed by atoms with van der Waals surface area (Å²) >= 11 is 5.61. The van der Waals surface area contributed by atoms with Crippen molar-refractivity contribution in [3.63, 3.8) is 0 Å². The number of imide groups is 1. The summed E-state index contributed by atoms with van der Waals surface area (Å²) in [5.74, 6) is -1.75. The van der Waals surface area contributed by atoms with Crippen LogP contribution < -0.4 is 4.90 Å². The van der Waals surface area contributed by atoms with E-state index in [1.165, 1.54) is 12.1 Å². The number of allylic oxidation sites excluding steroid dienone is 2. The molecule has 0 bridgehead atoms. The lowest BCUT2D eigenvalue weighted by molar-refractivity contribution is -0.122. The fourth-order valence-corrected chi connectivity index (χ4v) is 2.80. The molecule has 1 saturated heterocycles. The zero-order chi connectivity index (χ0) is 13.6. The maximum atomic E-state index is 13.5. The first-order valence-electron chi connectivity index (χ1n) is 6.07. The molecule has 19 heavy (non-hydrogen) atoms. The van der Waals surface area contributed by atoms with E-state index >= 15 is 0 Å². The molecule has 0 radical (unpaired) electrons. The SMILES string of the molecule is O=C1C2CC=CCC2C(=O)N1c1ccc(Cl)c(F)c1. The fraction of sp³-hybridized carbons (Fsp3) is 0.286. The van der Waals surface area contributed by atoms with Crippen LogP contribution in [-0.2, 0) is 9.59 Å². The van der Waals surface area contributed by atoms with Crippen molar-refractivity contribution in [2.45, 2.75) is 12.8 Å². The number of carbonyl (C=O) groups excluding carboxylic acids is 2. The summed E-state index contributed by atoms with van der Waals surface area (Å²) in [6, 6.07) is 3.97. The van der Waals surface area contributed by atoms with E-state index in [1.54, 1.807) is 0 Å². The van der Waals surface area contributed by atoms with Crippen LogP contribution in [0.2, 0.25) is 5.02 Å². The Hall–Kier alpha value is -1.68. The number of hydrogen-bond acceptors (Lipinski definition) is 2. The minimum Gasteiger partial charge on any atom is -0.274 e. The van der Waals surface area contributed by atoms with Gasteiger partial charge in [-0.3, -0.25) is 9.59 Å². The van der Waals surface area contributed by atoms with Crippen molar-refractivity contribution >= 4 is 29.1 Å². The Morgan fingerprint density at radius 2 is 1.68 bits per heavy atom. The molecule has 0 N–H and O–H groups in total. The van der Waals surface area contributed by atoms with Crippen molar-refractivity contribution in [3.8, 4) is 0 Å². The molecule has 0 aromatic heterocycles. The molecular formula is C14H11ClFNO2. The second-order valence-electron chi connectivity index (χ2n) is 4.77. The van der Waals surface area contributed by atoms with Gasteiger partial charge in [-0.25, -0.2) is 9.29 Å². The van der Waals surface area contributed by atoms with Crippen LogP contribution in [-0.4, -0.2) is 11.8 Å². The molecule has 2 atom stereocenters. The van der Waals surface area contributed by atoms with Gasteiger partial charge in [0.05, 0.1) is 22.5 Å². The van der Waals surface area contributed by atoms with Gasteiger partial charge in [0.1, 0.15) is 5.82 Å². The molecule has 5 heteroatoms. The molecule has 98 valence electrons. The first-order chi connectivity index (χ1) is 9.09. The summed E-state index contributed by atoms with van der Waals surface area (Å²) in [6.07, 6.45) is 4.97. The topological polar surface area (TPSA) is 37.4 Å². The van der Waals surface area contributed by atoms with Gasteiger partial charge in [-0.15, -0.1) is 0 Å². The zero-order valence-electron chi connectivity index (χ0n) is 9.98. The maximum absolute atomic E-state index is 13.5. The van der Waals surface area contributed by atoms with Crippen LogP contribution in [0.1, 0.15) is 12.8 Å². The zero-order valence-corrected chi connectivity index (χ0v) is 10.7. The van der Waals surface area contributed by atoms with E-state index in [0.29, 0.717) is 12.8 Å². The number of carbonyl (C=O) groups is 2. The first kappa shape index (κ1) is 12.4. The standard InChI is InChI=1S/C14H11ClFNO2/c15-11-6-5-8(7-12(11)16)17-13(18)9-3-1-2-4-10(9)14(17)19/h1-2,5-7,9-10H,3-4H2. The Balaban J connectivity index is 1.99. The van der Waals surface area contributed by atoms with Crippen molar-refractivity contribution < 1.29 is 14.0 Å². The maximum Gasteiger partial charge on any atom is 0.238 e. The monoisotopic (exact) mass is 279 g/mol. The van der Waals surface area contributed by atoms with Crippen LogP contribution in [0.5, 0.6) is 0 Å². The number of halogens is 2. The van der Waals surface area contributed by atoms with E-state index in [-0.39, 0.29) is 34.4 Å². The van der Waals surface area contributed by atoms with E-state index in [4.69, 9.17) is 11.6 Å². The lowest BCUT2D eigenvalue weighted by atomic mass is 9.85. The lowest BCUT2D eigenvalue weighted by Crippen LogP contribution is -2.30. The molecule has 3 rings (SSSR count). The highest BCUT2D eigenvalue weighted by atomic mass is 35.5. The van der Waals surface area contributed by atoms with E-state index in [1.807, 2.05) is 12.2 Å². The van der Waals surface area contributed by atoms with Gasteiger partial charge in [-0.05, 0) is 31.0 Å². The Bertz CT molecular complexity index is 573. The van der Waals surface area contributed by atoms with Gasteiger partial charge < -0.3 is 0 Å². The van der Waals surface area contributed by atoms with Crippen molar-refractivity contribution in [1.29, 1.82) is 0 Å². The van der Waals surface area contributed by atoms with Gasteiger partial charge in [-0.2, -0.15) is 0 Å². The van der Waals surface area contributed by atoms with Gasteiger partial charge in [0.15, 0.2) is 0 Å². The summed E-state index contributed by atoms with van der Waals surface area (Å²) in [5.41, 5.74) is 0.256. The molecule has 1 heterocycles. The van der Waals surface area contributed by atoms with Crippen LogP contribution in [0.3, 0.4) is 0 Å². The molecule has 1 aromatic carbocycles. The van der Waals surface area contributed by atoms with Gasteiger partial charge in [0, 0.05) is 0 Å². The molecule has 2 aliphatic rings. The largest absolute Gasteiger partial charge is 0.274 e. The summed E-state index contributed by atoms with van der Waals surface area (Å²) in [6.45, 7) is 0. The molecule has 0 spiro atoms. The molecule has 3 nitrogen and oxygen atoms in total. The normalized spacial score (nSPS) is 25.9. The minimum atomic E-state index is -0.632. The highest BCUT2D eigenvalue weighted by Gasteiger charge is 2.47. The van der Waals surface area contributed by atoms with E-state index in [2.05, 4.69) is 0 Å². The minimum absolute atomic E-state index is 0.0260. The fourth-order valence-electron chi connectivity index (χ4n) is 2.68. The number of fused-ring (bicyclic) bond motifs is 1. The molecule has 1 fully saturated rings. The Kier molecular flexibility index (Phi) is 2.90. The highest BCUT2D eigenvalue weighted by molar-refractivity contribution is 6.31. The summed E-state index contributed by atoms with van der Waals surface area (Å²) in [4.78, 5) is 25.6. The number of amides is 2. The average Bonchev–Trinajstić information content (AvgIpc) is 2.66. The quantitative estimate of drug-likeness (QED) is 0.585. The van der Waals surface area contributed by atoms with Crippen LogP contribution in [0, 0.1) is 17.7 Å².